The van der Waals surface area contributed by atoms with E-state index in [1.165, 1.54) is 22.9 Å². The molecule has 0 aliphatic carbocycles. The Morgan fingerprint density at radius 3 is 2.39 bits per heavy atom. The average molecular weight is 481 g/mol. The van der Waals surface area contributed by atoms with E-state index < -0.39 is 6.04 Å². The summed E-state index contributed by atoms with van der Waals surface area (Å²) in [6.45, 7) is 8.00. The van der Waals surface area contributed by atoms with E-state index >= 15 is 0 Å². The topological polar surface area (TPSA) is 49.4 Å². The molecule has 0 fully saturated rings. The van der Waals surface area contributed by atoms with Crippen molar-refractivity contribution in [2.24, 2.45) is 0 Å². The van der Waals surface area contributed by atoms with E-state index in [0.717, 1.165) is 17.7 Å². The number of rotatable bonds is 10. The van der Waals surface area contributed by atoms with E-state index in [0.29, 0.717) is 10.0 Å². The van der Waals surface area contributed by atoms with Gasteiger partial charge in [0, 0.05) is 28.4 Å². The van der Waals surface area contributed by atoms with Gasteiger partial charge in [-0.1, -0.05) is 66.0 Å². The quantitative estimate of drug-likeness (QED) is 0.462. The van der Waals surface area contributed by atoms with Crippen molar-refractivity contribution in [2.45, 2.75) is 58.5 Å². The Balaban J connectivity index is 2.11. The third kappa shape index (κ3) is 8.06. The van der Waals surface area contributed by atoms with E-state index in [9.17, 15) is 9.59 Å². The number of carbonyl (C=O) groups is 2. The van der Waals surface area contributed by atoms with Gasteiger partial charge < -0.3 is 10.2 Å². The van der Waals surface area contributed by atoms with Crippen LogP contribution in [0.15, 0.2) is 42.5 Å². The number of nitrogens with one attached hydrogen (secondary N) is 1. The number of amides is 2. The molecule has 7 heteroatoms. The second kappa shape index (κ2) is 12.4. The summed E-state index contributed by atoms with van der Waals surface area (Å²) in [7, 11) is 0. The van der Waals surface area contributed by atoms with Crippen LogP contribution >= 0.6 is 35.0 Å². The average Bonchev–Trinajstić information content (AvgIpc) is 2.73. The molecule has 0 aromatic heterocycles. The van der Waals surface area contributed by atoms with Gasteiger partial charge in [0.1, 0.15) is 6.04 Å². The summed E-state index contributed by atoms with van der Waals surface area (Å²) < 4.78 is 0. The van der Waals surface area contributed by atoms with Gasteiger partial charge in [-0.3, -0.25) is 9.59 Å². The van der Waals surface area contributed by atoms with E-state index in [1.807, 2.05) is 20.8 Å². The first-order chi connectivity index (χ1) is 14.7. The molecule has 1 N–H and O–H groups in total. The van der Waals surface area contributed by atoms with Crippen molar-refractivity contribution in [1.82, 2.24) is 10.2 Å². The molecule has 2 atom stereocenters. The molecule has 0 bridgehead atoms. The molecular formula is C24H30Cl2N2O2S. The molecule has 0 aliphatic heterocycles. The van der Waals surface area contributed by atoms with Crippen LogP contribution in [0.2, 0.25) is 10.0 Å². The highest BCUT2D eigenvalue weighted by molar-refractivity contribution is 7.99. The maximum absolute atomic E-state index is 13.1. The van der Waals surface area contributed by atoms with E-state index in [4.69, 9.17) is 23.2 Å². The van der Waals surface area contributed by atoms with Crippen LogP contribution in [0.4, 0.5) is 0 Å². The molecule has 0 saturated carbocycles. The zero-order valence-electron chi connectivity index (χ0n) is 18.5. The van der Waals surface area contributed by atoms with Gasteiger partial charge >= 0.3 is 0 Å². The number of hydrogen-bond donors (Lipinski definition) is 1. The highest BCUT2D eigenvalue weighted by atomic mass is 35.5. The number of benzene rings is 2. The fraction of sp³-hybridized carbons (Fsp3) is 0.417. The molecule has 2 aromatic carbocycles. The lowest BCUT2D eigenvalue weighted by molar-refractivity contribution is -0.138. The molecule has 4 nitrogen and oxygen atoms in total. The van der Waals surface area contributed by atoms with Crippen LogP contribution in [0.3, 0.4) is 0 Å². The van der Waals surface area contributed by atoms with E-state index in [2.05, 4.69) is 29.6 Å². The van der Waals surface area contributed by atoms with Gasteiger partial charge in [0.2, 0.25) is 11.8 Å². The van der Waals surface area contributed by atoms with Crippen LogP contribution in [0.5, 0.6) is 0 Å². The standard InChI is InChI=1S/C24H30Cl2N2O2S/c1-5-17(3)27-24(30)18(4)28(13-20-10-11-21(25)12-22(20)26)23(29)15-31-14-19-8-6-16(2)7-9-19/h6-12,17-18H,5,13-15H2,1-4H3,(H,27,30)/t17-,18-/m0/s1. The van der Waals surface area contributed by atoms with Crippen LogP contribution in [-0.4, -0.2) is 34.6 Å². The number of hydrogen-bond acceptors (Lipinski definition) is 3. The molecule has 0 aliphatic rings. The predicted molar refractivity (Wildman–Crippen MR) is 132 cm³/mol. The fourth-order valence-corrected chi connectivity index (χ4v) is 4.24. The van der Waals surface area contributed by atoms with Crippen molar-refractivity contribution < 1.29 is 9.59 Å². The molecule has 0 unspecified atom stereocenters. The molecular weight excluding hydrogens is 451 g/mol. The lowest BCUT2D eigenvalue weighted by Crippen LogP contribution is -2.50. The number of halogens is 2. The maximum Gasteiger partial charge on any atom is 0.242 e. The Labute approximate surface area is 199 Å². The Hall–Kier alpha value is -1.69. The van der Waals surface area contributed by atoms with Gasteiger partial charge in [-0.2, -0.15) is 0 Å². The van der Waals surface area contributed by atoms with Gasteiger partial charge in [-0.05, 0) is 50.5 Å². The molecule has 0 saturated heterocycles. The smallest absolute Gasteiger partial charge is 0.242 e. The van der Waals surface area contributed by atoms with E-state index in [-0.39, 0.29) is 30.2 Å². The summed E-state index contributed by atoms with van der Waals surface area (Å²) in [5.74, 6) is 0.737. The zero-order valence-corrected chi connectivity index (χ0v) is 20.8. The highest BCUT2D eigenvalue weighted by Gasteiger charge is 2.27. The summed E-state index contributed by atoms with van der Waals surface area (Å²) in [6.07, 6.45) is 0.821. The second-order valence-electron chi connectivity index (χ2n) is 7.73. The normalized spacial score (nSPS) is 12.8. The summed E-state index contributed by atoms with van der Waals surface area (Å²) in [6, 6.07) is 12.9. The second-order valence-corrected chi connectivity index (χ2v) is 9.56. The molecule has 2 rings (SSSR count). The molecule has 31 heavy (non-hydrogen) atoms. The fourth-order valence-electron chi connectivity index (χ4n) is 2.90. The van der Waals surface area contributed by atoms with Gasteiger partial charge in [0.05, 0.1) is 5.75 Å². The molecule has 2 aromatic rings. The highest BCUT2D eigenvalue weighted by Crippen LogP contribution is 2.24. The number of thioether (sulfide) groups is 1. The summed E-state index contributed by atoms with van der Waals surface area (Å²) in [5, 5.41) is 3.98. The van der Waals surface area contributed by atoms with Crippen LogP contribution < -0.4 is 5.32 Å². The largest absolute Gasteiger partial charge is 0.352 e. The third-order valence-corrected chi connectivity index (χ3v) is 6.71. The van der Waals surface area contributed by atoms with Crippen molar-refractivity contribution in [2.75, 3.05) is 5.75 Å². The minimum atomic E-state index is -0.617. The lowest BCUT2D eigenvalue weighted by Gasteiger charge is -2.30. The van der Waals surface area contributed by atoms with Crippen molar-refractivity contribution in [3.63, 3.8) is 0 Å². The number of carbonyl (C=O) groups excluding carboxylic acids is 2. The molecule has 0 spiro atoms. The molecule has 2 amide bonds. The number of aryl methyl sites for hydroxylation is 1. The van der Waals surface area contributed by atoms with Crippen LogP contribution in [-0.2, 0) is 21.9 Å². The molecule has 0 heterocycles. The van der Waals surface area contributed by atoms with Gasteiger partial charge in [0.25, 0.3) is 0 Å². The Morgan fingerprint density at radius 2 is 1.77 bits per heavy atom. The van der Waals surface area contributed by atoms with Gasteiger partial charge in [-0.25, -0.2) is 0 Å². The summed E-state index contributed by atoms with van der Waals surface area (Å²) in [4.78, 5) is 27.5. The summed E-state index contributed by atoms with van der Waals surface area (Å²) in [5.41, 5.74) is 3.13. The Bertz CT molecular complexity index is 890. The van der Waals surface area contributed by atoms with Crippen molar-refractivity contribution in [3.05, 3.63) is 69.2 Å². The summed E-state index contributed by atoms with van der Waals surface area (Å²) >= 11 is 13.9. The van der Waals surface area contributed by atoms with Crippen LogP contribution in [0.1, 0.15) is 43.9 Å². The molecule has 168 valence electrons. The van der Waals surface area contributed by atoms with Gasteiger partial charge in [-0.15, -0.1) is 11.8 Å². The SMILES string of the molecule is CC[C@H](C)NC(=O)[C@H](C)N(Cc1ccc(Cl)cc1Cl)C(=O)CSCc1ccc(C)cc1. The van der Waals surface area contributed by atoms with Crippen molar-refractivity contribution in [1.29, 1.82) is 0 Å². The van der Waals surface area contributed by atoms with E-state index in [1.54, 1.807) is 30.0 Å². The number of nitrogens with zero attached hydrogens (tertiary/aromatic N) is 1. The lowest BCUT2D eigenvalue weighted by atomic mass is 10.1. The Kier molecular flexibility index (Phi) is 10.2. The first-order valence-corrected chi connectivity index (χ1v) is 12.3. The van der Waals surface area contributed by atoms with Crippen LogP contribution in [0, 0.1) is 6.92 Å². The van der Waals surface area contributed by atoms with Crippen LogP contribution in [0.25, 0.3) is 0 Å². The van der Waals surface area contributed by atoms with Gasteiger partial charge in [0.15, 0.2) is 0 Å². The molecule has 0 radical (unpaired) electrons. The Morgan fingerprint density at radius 1 is 1.10 bits per heavy atom. The minimum absolute atomic E-state index is 0.0435. The zero-order chi connectivity index (χ0) is 23.0. The minimum Gasteiger partial charge on any atom is -0.352 e. The predicted octanol–water partition coefficient (Wildman–Crippen LogP) is 5.87. The first kappa shape index (κ1) is 25.6. The monoisotopic (exact) mass is 480 g/mol. The van der Waals surface area contributed by atoms with Crippen molar-refractivity contribution in [3.8, 4) is 0 Å². The third-order valence-electron chi connectivity index (χ3n) is 5.14. The first-order valence-electron chi connectivity index (χ1n) is 10.4. The van der Waals surface area contributed by atoms with Crippen molar-refractivity contribution >= 4 is 46.8 Å². The maximum atomic E-state index is 13.1.